The van der Waals surface area contributed by atoms with Crippen LogP contribution in [0.25, 0.3) is 0 Å². The summed E-state index contributed by atoms with van der Waals surface area (Å²) in [7, 11) is 0. The van der Waals surface area contributed by atoms with E-state index in [-0.39, 0.29) is 5.78 Å². The Bertz CT molecular complexity index is 301. The fraction of sp³-hybridized carbons (Fsp3) is 0.417. The van der Waals surface area contributed by atoms with E-state index < -0.39 is 5.41 Å². The summed E-state index contributed by atoms with van der Waals surface area (Å²) in [5, 5.41) is 0. The Balaban J connectivity index is 3.18. The van der Waals surface area contributed by atoms with Gasteiger partial charge in [-0.2, -0.15) is 0 Å². The Labute approximate surface area is 85.1 Å². The molecule has 1 unspecified atom stereocenters. The van der Waals surface area contributed by atoms with E-state index in [1.807, 2.05) is 37.3 Å². The van der Waals surface area contributed by atoms with Crippen molar-refractivity contribution in [1.29, 1.82) is 0 Å². The summed E-state index contributed by atoms with van der Waals surface area (Å²) < 4.78 is 0. The minimum Gasteiger partial charge on any atom is -0.329 e. The van der Waals surface area contributed by atoms with Crippen LogP contribution < -0.4 is 5.73 Å². The maximum Gasteiger partial charge on any atom is 0.141 e. The molecular weight excluding hydrogens is 174 g/mol. The first-order valence-electron chi connectivity index (χ1n) is 4.94. The van der Waals surface area contributed by atoms with E-state index in [1.54, 1.807) is 6.92 Å². The van der Waals surface area contributed by atoms with Gasteiger partial charge < -0.3 is 5.73 Å². The monoisotopic (exact) mass is 191 g/mol. The number of carbonyl (C=O) groups is 1. The van der Waals surface area contributed by atoms with E-state index in [0.717, 1.165) is 12.0 Å². The van der Waals surface area contributed by atoms with Crippen molar-refractivity contribution >= 4 is 5.78 Å². The molecule has 1 aromatic carbocycles. The topological polar surface area (TPSA) is 43.1 Å². The van der Waals surface area contributed by atoms with Crippen LogP contribution in [0.5, 0.6) is 0 Å². The summed E-state index contributed by atoms with van der Waals surface area (Å²) >= 11 is 0. The van der Waals surface area contributed by atoms with Gasteiger partial charge in [0, 0.05) is 6.54 Å². The Hall–Kier alpha value is -1.15. The highest BCUT2D eigenvalue weighted by atomic mass is 16.1. The summed E-state index contributed by atoms with van der Waals surface area (Å²) in [6.45, 7) is 3.99. The molecule has 2 nitrogen and oxygen atoms in total. The van der Waals surface area contributed by atoms with Crippen LogP contribution in [0.1, 0.15) is 25.8 Å². The smallest absolute Gasteiger partial charge is 0.141 e. The second-order valence-electron chi connectivity index (χ2n) is 3.56. The molecule has 0 fully saturated rings. The van der Waals surface area contributed by atoms with E-state index in [2.05, 4.69) is 0 Å². The number of ketones is 1. The molecule has 0 heterocycles. The lowest BCUT2D eigenvalue weighted by molar-refractivity contribution is -0.122. The van der Waals surface area contributed by atoms with E-state index in [4.69, 9.17) is 5.73 Å². The summed E-state index contributed by atoms with van der Waals surface area (Å²) in [6.07, 6.45) is 0.753. The molecule has 76 valence electrons. The average Bonchev–Trinajstić information content (AvgIpc) is 2.22. The molecule has 14 heavy (non-hydrogen) atoms. The fourth-order valence-electron chi connectivity index (χ4n) is 1.82. The predicted octanol–water partition coefficient (Wildman–Crippen LogP) is 1.88. The molecule has 0 aromatic heterocycles. The van der Waals surface area contributed by atoms with Gasteiger partial charge in [0.2, 0.25) is 0 Å². The summed E-state index contributed by atoms with van der Waals surface area (Å²) in [5.74, 6) is 0.147. The normalized spacial score (nSPS) is 14.8. The highest BCUT2D eigenvalue weighted by Gasteiger charge is 2.33. The minimum absolute atomic E-state index is 0.147. The predicted molar refractivity (Wildman–Crippen MR) is 58.1 cm³/mol. The molecule has 0 aliphatic rings. The quantitative estimate of drug-likeness (QED) is 0.789. The zero-order valence-corrected chi connectivity index (χ0v) is 8.79. The third-order valence-corrected chi connectivity index (χ3v) is 2.95. The number of benzene rings is 1. The molecule has 0 spiro atoms. The second kappa shape index (κ2) is 4.38. The van der Waals surface area contributed by atoms with Crippen molar-refractivity contribution in [3.8, 4) is 0 Å². The van der Waals surface area contributed by atoms with Gasteiger partial charge in [0.25, 0.3) is 0 Å². The zero-order chi connectivity index (χ0) is 10.6. The molecular formula is C12H17NO. The van der Waals surface area contributed by atoms with Gasteiger partial charge in [0.15, 0.2) is 0 Å². The second-order valence-corrected chi connectivity index (χ2v) is 3.56. The molecule has 0 aliphatic heterocycles. The van der Waals surface area contributed by atoms with Gasteiger partial charge in [0.05, 0.1) is 5.41 Å². The van der Waals surface area contributed by atoms with Gasteiger partial charge in [-0.05, 0) is 18.9 Å². The highest BCUT2D eigenvalue weighted by molar-refractivity contribution is 5.88. The van der Waals surface area contributed by atoms with Crippen molar-refractivity contribution in [2.75, 3.05) is 6.54 Å². The van der Waals surface area contributed by atoms with Crippen LogP contribution in [0.4, 0.5) is 0 Å². The highest BCUT2D eigenvalue weighted by Crippen LogP contribution is 2.27. The van der Waals surface area contributed by atoms with Gasteiger partial charge in [-0.3, -0.25) is 4.79 Å². The van der Waals surface area contributed by atoms with E-state index in [9.17, 15) is 4.79 Å². The number of carbonyl (C=O) groups excluding carboxylic acids is 1. The summed E-state index contributed by atoms with van der Waals surface area (Å²) in [5.41, 5.74) is 6.27. The average molecular weight is 191 g/mol. The third kappa shape index (κ3) is 1.70. The molecule has 2 N–H and O–H groups in total. The molecule has 0 bridgehead atoms. The number of rotatable bonds is 4. The van der Waals surface area contributed by atoms with Crippen LogP contribution in [0.2, 0.25) is 0 Å². The maximum atomic E-state index is 11.6. The van der Waals surface area contributed by atoms with Gasteiger partial charge in [0.1, 0.15) is 5.78 Å². The van der Waals surface area contributed by atoms with Gasteiger partial charge in [-0.25, -0.2) is 0 Å². The molecule has 0 amide bonds. The lowest BCUT2D eigenvalue weighted by Gasteiger charge is -2.28. The van der Waals surface area contributed by atoms with Crippen LogP contribution in [0.3, 0.4) is 0 Å². The Morgan fingerprint density at radius 3 is 2.29 bits per heavy atom. The van der Waals surface area contributed by atoms with Crippen LogP contribution >= 0.6 is 0 Å². The van der Waals surface area contributed by atoms with Crippen LogP contribution in [-0.2, 0) is 10.2 Å². The number of Topliss-reactive ketones (excluding diaryl/α,β-unsaturated/α-hetero) is 1. The lowest BCUT2D eigenvalue weighted by Crippen LogP contribution is -2.41. The Morgan fingerprint density at radius 2 is 1.93 bits per heavy atom. The van der Waals surface area contributed by atoms with Crippen molar-refractivity contribution in [3.05, 3.63) is 35.9 Å². The number of nitrogens with two attached hydrogens (primary N) is 1. The maximum absolute atomic E-state index is 11.6. The molecule has 1 rings (SSSR count). The molecule has 0 saturated heterocycles. The van der Waals surface area contributed by atoms with E-state index >= 15 is 0 Å². The molecule has 1 atom stereocenters. The van der Waals surface area contributed by atoms with Crippen LogP contribution in [0, 0.1) is 0 Å². The standard InChI is InChI=1S/C12H17NO/c1-3-12(9-13,10(2)14)11-7-5-4-6-8-11/h4-8H,3,9,13H2,1-2H3. The largest absolute Gasteiger partial charge is 0.329 e. The first kappa shape index (κ1) is 10.9. The van der Waals surface area contributed by atoms with Crippen molar-refractivity contribution in [3.63, 3.8) is 0 Å². The first-order valence-corrected chi connectivity index (χ1v) is 4.94. The number of hydrogen-bond donors (Lipinski definition) is 1. The SMILES string of the molecule is CCC(CN)(C(C)=O)c1ccccc1. The Kier molecular flexibility index (Phi) is 3.42. The van der Waals surface area contributed by atoms with Crippen molar-refractivity contribution in [1.82, 2.24) is 0 Å². The van der Waals surface area contributed by atoms with Gasteiger partial charge in [-0.1, -0.05) is 37.3 Å². The fourth-order valence-corrected chi connectivity index (χ4v) is 1.82. The molecule has 0 aliphatic carbocycles. The van der Waals surface area contributed by atoms with Crippen LogP contribution in [0.15, 0.2) is 30.3 Å². The zero-order valence-electron chi connectivity index (χ0n) is 8.79. The van der Waals surface area contributed by atoms with Gasteiger partial charge in [-0.15, -0.1) is 0 Å². The van der Waals surface area contributed by atoms with E-state index in [0.29, 0.717) is 6.54 Å². The summed E-state index contributed by atoms with van der Waals surface area (Å²) in [6, 6.07) is 9.77. The lowest BCUT2D eigenvalue weighted by atomic mass is 9.75. The van der Waals surface area contributed by atoms with Crippen molar-refractivity contribution < 1.29 is 4.79 Å². The third-order valence-electron chi connectivity index (χ3n) is 2.95. The first-order chi connectivity index (χ1) is 6.67. The molecule has 1 aromatic rings. The van der Waals surface area contributed by atoms with Gasteiger partial charge >= 0.3 is 0 Å². The van der Waals surface area contributed by atoms with E-state index in [1.165, 1.54) is 0 Å². The molecule has 2 heteroatoms. The molecule has 0 radical (unpaired) electrons. The Morgan fingerprint density at radius 1 is 1.36 bits per heavy atom. The minimum atomic E-state index is -0.485. The number of hydrogen-bond acceptors (Lipinski definition) is 2. The van der Waals surface area contributed by atoms with Crippen LogP contribution in [-0.4, -0.2) is 12.3 Å². The summed E-state index contributed by atoms with van der Waals surface area (Å²) in [4.78, 5) is 11.6. The molecule has 0 saturated carbocycles. The van der Waals surface area contributed by atoms with Crippen molar-refractivity contribution in [2.45, 2.75) is 25.7 Å². The van der Waals surface area contributed by atoms with Crippen molar-refractivity contribution in [2.24, 2.45) is 5.73 Å².